The molecule has 260 valence electrons. The number of nitrogens with zero attached hydrogens (tertiary/aromatic N) is 5. The van der Waals surface area contributed by atoms with Crippen molar-refractivity contribution in [1.82, 2.24) is 30.5 Å². The van der Waals surface area contributed by atoms with Gasteiger partial charge in [-0.2, -0.15) is 0 Å². The zero-order valence-electron chi connectivity index (χ0n) is 28.8. The average molecular weight is 684 g/mol. The van der Waals surface area contributed by atoms with E-state index >= 15 is 0 Å². The van der Waals surface area contributed by atoms with Gasteiger partial charge in [0.2, 0.25) is 0 Å². The molecule has 3 aromatic heterocycles. The molecule has 5 aromatic rings. The summed E-state index contributed by atoms with van der Waals surface area (Å²) < 4.78 is 14.5. The first-order valence-corrected chi connectivity index (χ1v) is 17.6. The Kier molecular flexibility index (Phi) is 10.4. The molecule has 10 heteroatoms. The van der Waals surface area contributed by atoms with Crippen molar-refractivity contribution in [2.45, 2.75) is 51.2 Å². The third-order valence-electron chi connectivity index (χ3n) is 9.97. The van der Waals surface area contributed by atoms with Gasteiger partial charge in [0.05, 0.1) is 0 Å². The second-order valence-corrected chi connectivity index (χ2v) is 13.5. The Hall–Kier alpha value is -5.48. The third-order valence-corrected chi connectivity index (χ3v) is 9.97. The molecule has 0 bridgehead atoms. The van der Waals surface area contributed by atoms with E-state index in [9.17, 15) is 14.0 Å². The van der Waals surface area contributed by atoms with Crippen molar-refractivity contribution in [2.24, 2.45) is 0 Å². The Morgan fingerprint density at radius 3 is 1.90 bits per heavy atom. The second-order valence-electron chi connectivity index (χ2n) is 13.5. The first-order valence-electron chi connectivity index (χ1n) is 17.6. The summed E-state index contributed by atoms with van der Waals surface area (Å²) in [6, 6.07) is 22.2. The van der Waals surface area contributed by atoms with Gasteiger partial charge in [-0.15, -0.1) is 0 Å². The Labute approximate surface area is 298 Å². The number of rotatable bonds is 9. The number of anilines is 1. The summed E-state index contributed by atoms with van der Waals surface area (Å²) >= 11 is 0. The van der Waals surface area contributed by atoms with Crippen LogP contribution in [-0.4, -0.2) is 69.9 Å². The summed E-state index contributed by atoms with van der Waals surface area (Å²) in [5.74, 6) is 0.321. The molecule has 0 radical (unpaired) electrons. The quantitative estimate of drug-likeness (QED) is 0.184. The van der Waals surface area contributed by atoms with Crippen LogP contribution in [0.5, 0.6) is 0 Å². The summed E-state index contributed by atoms with van der Waals surface area (Å²) in [5.41, 5.74) is 6.41. The number of hydrogen-bond acceptors (Lipinski definition) is 7. The van der Waals surface area contributed by atoms with E-state index in [1.165, 1.54) is 12.1 Å². The molecule has 2 saturated heterocycles. The van der Waals surface area contributed by atoms with Crippen LogP contribution in [0.1, 0.15) is 57.5 Å². The molecule has 0 saturated carbocycles. The maximum atomic E-state index is 14.5. The molecule has 51 heavy (non-hydrogen) atoms. The number of aromatic nitrogens is 3. The lowest BCUT2D eigenvalue weighted by atomic mass is 9.98. The molecule has 2 N–H and O–H groups in total. The third kappa shape index (κ3) is 8.29. The molecule has 2 aromatic carbocycles. The minimum atomic E-state index is -0.382. The van der Waals surface area contributed by atoms with Crippen molar-refractivity contribution in [1.29, 1.82) is 0 Å². The maximum Gasteiger partial charge on any atom is 0.251 e. The lowest BCUT2D eigenvalue weighted by Crippen LogP contribution is -2.45. The van der Waals surface area contributed by atoms with E-state index in [-0.39, 0.29) is 29.7 Å². The van der Waals surface area contributed by atoms with E-state index in [2.05, 4.69) is 42.5 Å². The molecule has 0 aliphatic carbocycles. The van der Waals surface area contributed by atoms with Gasteiger partial charge in [0.1, 0.15) is 11.6 Å². The van der Waals surface area contributed by atoms with Gasteiger partial charge in [-0.3, -0.25) is 24.5 Å². The largest absolute Gasteiger partial charge is 0.356 e. The van der Waals surface area contributed by atoms with Crippen molar-refractivity contribution >= 4 is 17.6 Å². The highest BCUT2D eigenvalue weighted by atomic mass is 19.1. The number of pyridine rings is 3. The standard InChI is InChI=1S/C41H42FN7O2/c1-28-6-8-30(22-36(28)32-4-2-16-43-25-32)40(50)46-34-12-18-48(19-13-34)27-29-7-11-39(45-24-29)49-20-14-35(15-21-49)47-41(51)31-9-10-38(42)37(23-31)33-5-3-17-44-26-33/h2-11,16-17,22-26,34-35H,12-15,18-21,27H2,1H3,(H,46,50)(H,47,51). The summed E-state index contributed by atoms with van der Waals surface area (Å²) in [5, 5.41) is 6.39. The van der Waals surface area contributed by atoms with E-state index < -0.39 is 0 Å². The predicted molar refractivity (Wildman–Crippen MR) is 197 cm³/mol. The van der Waals surface area contributed by atoms with Gasteiger partial charge in [0, 0.05) is 104 Å². The summed E-state index contributed by atoms with van der Waals surface area (Å²) in [4.78, 5) is 44.0. The first kappa shape index (κ1) is 34.0. The molecule has 0 unspecified atom stereocenters. The monoisotopic (exact) mass is 683 g/mol. The fraction of sp³-hybridized carbons (Fsp3) is 0.293. The van der Waals surface area contributed by atoms with E-state index in [1.54, 1.807) is 36.8 Å². The summed E-state index contributed by atoms with van der Waals surface area (Å²) in [6.45, 7) is 6.25. The second kappa shape index (κ2) is 15.6. The van der Waals surface area contributed by atoms with Crippen LogP contribution in [0.4, 0.5) is 10.2 Å². The van der Waals surface area contributed by atoms with Crippen LogP contribution < -0.4 is 15.5 Å². The fourth-order valence-electron chi connectivity index (χ4n) is 6.99. The van der Waals surface area contributed by atoms with Crippen LogP contribution >= 0.6 is 0 Å². The van der Waals surface area contributed by atoms with E-state index in [0.717, 1.165) is 86.5 Å². The number of amides is 2. The molecular formula is C41H42FN7O2. The minimum absolute atomic E-state index is 0.0342. The number of likely N-dealkylation sites (tertiary alicyclic amines) is 1. The van der Waals surface area contributed by atoms with Crippen LogP contribution in [0.25, 0.3) is 22.3 Å². The Morgan fingerprint density at radius 1 is 0.725 bits per heavy atom. The summed E-state index contributed by atoms with van der Waals surface area (Å²) in [7, 11) is 0. The van der Waals surface area contributed by atoms with Crippen molar-refractivity contribution < 1.29 is 14.0 Å². The van der Waals surface area contributed by atoms with Crippen molar-refractivity contribution in [3.63, 3.8) is 0 Å². The smallest absolute Gasteiger partial charge is 0.251 e. The molecule has 2 aliphatic rings. The van der Waals surface area contributed by atoms with Crippen LogP contribution in [0.3, 0.4) is 0 Å². The number of aryl methyl sites for hydroxylation is 1. The number of halogens is 1. The highest BCUT2D eigenvalue weighted by Gasteiger charge is 2.24. The van der Waals surface area contributed by atoms with E-state index in [4.69, 9.17) is 4.98 Å². The molecular weight excluding hydrogens is 641 g/mol. The van der Waals surface area contributed by atoms with Crippen LogP contribution in [0.15, 0.2) is 104 Å². The van der Waals surface area contributed by atoms with Gasteiger partial charge in [-0.05, 0) is 97.8 Å². The van der Waals surface area contributed by atoms with Gasteiger partial charge in [0.15, 0.2) is 0 Å². The van der Waals surface area contributed by atoms with Crippen LogP contribution in [0.2, 0.25) is 0 Å². The average Bonchev–Trinajstić information content (AvgIpc) is 3.17. The van der Waals surface area contributed by atoms with Gasteiger partial charge in [0.25, 0.3) is 11.8 Å². The normalized spacial score (nSPS) is 15.8. The Balaban J connectivity index is 0.853. The van der Waals surface area contributed by atoms with Crippen LogP contribution in [0, 0.1) is 12.7 Å². The maximum absolute atomic E-state index is 14.5. The highest BCUT2D eigenvalue weighted by molar-refractivity contribution is 5.96. The van der Waals surface area contributed by atoms with Crippen molar-refractivity contribution in [2.75, 3.05) is 31.1 Å². The van der Waals surface area contributed by atoms with Gasteiger partial charge < -0.3 is 15.5 Å². The molecule has 2 amide bonds. The Morgan fingerprint density at radius 2 is 1.31 bits per heavy atom. The van der Waals surface area contributed by atoms with Gasteiger partial charge in [-0.25, -0.2) is 9.37 Å². The molecule has 0 spiro atoms. The summed E-state index contributed by atoms with van der Waals surface area (Å²) in [6.07, 6.45) is 12.2. The number of carbonyl (C=O) groups excluding carboxylic acids is 2. The first-order chi connectivity index (χ1) is 24.9. The number of carbonyl (C=O) groups is 2. The van der Waals surface area contributed by atoms with Crippen molar-refractivity contribution in [3.05, 3.63) is 132 Å². The van der Waals surface area contributed by atoms with E-state index in [0.29, 0.717) is 22.3 Å². The molecule has 9 nitrogen and oxygen atoms in total. The highest BCUT2D eigenvalue weighted by Crippen LogP contribution is 2.26. The molecule has 0 atom stereocenters. The number of piperidine rings is 2. The molecule has 7 rings (SSSR count). The lowest BCUT2D eigenvalue weighted by Gasteiger charge is -2.34. The molecule has 2 aliphatic heterocycles. The molecule has 2 fully saturated rings. The number of hydrogen-bond donors (Lipinski definition) is 2. The van der Waals surface area contributed by atoms with Crippen molar-refractivity contribution in [3.8, 4) is 22.3 Å². The number of benzene rings is 2. The predicted octanol–water partition coefficient (Wildman–Crippen LogP) is 6.45. The lowest BCUT2D eigenvalue weighted by molar-refractivity contribution is 0.0906. The minimum Gasteiger partial charge on any atom is -0.356 e. The molecule has 5 heterocycles. The van der Waals surface area contributed by atoms with E-state index in [1.807, 2.05) is 49.6 Å². The topological polar surface area (TPSA) is 103 Å². The Bertz CT molecular complexity index is 1960. The fourth-order valence-corrected chi connectivity index (χ4v) is 6.99. The van der Waals surface area contributed by atoms with Gasteiger partial charge >= 0.3 is 0 Å². The van der Waals surface area contributed by atoms with Gasteiger partial charge in [-0.1, -0.05) is 24.3 Å². The van der Waals surface area contributed by atoms with Crippen LogP contribution in [-0.2, 0) is 6.54 Å². The zero-order chi connectivity index (χ0) is 35.2. The SMILES string of the molecule is Cc1ccc(C(=O)NC2CCN(Cc3ccc(N4CCC(NC(=O)c5ccc(F)c(-c6cccnc6)c5)CC4)nc3)CC2)cc1-c1cccnc1. The zero-order valence-corrected chi connectivity index (χ0v) is 28.8. The number of nitrogens with one attached hydrogen (secondary N) is 2.